The highest BCUT2D eigenvalue weighted by molar-refractivity contribution is 6.36. The summed E-state index contributed by atoms with van der Waals surface area (Å²) in [6.45, 7) is 0. The number of alkyl halides is 6. The molecule has 0 aromatic heterocycles. The topological polar surface area (TPSA) is 27.7 Å². The van der Waals surface area contributed by atoms with Crippen molar-refractivity contribution in [3.05, 3.63) is 0 Å². The maximum absolute atomic E-state index is 12.1. The average Bonchev–Trinajstić information content (AvgIpc) is 2.25. The summed E-state index contributed by atoms with van der Waals surface area (Å²) in [6.07, 6.45) is -13.5. The second-order valence-corrected chi connectivity index (χ2v) is 5.62. The first-order valence-electron chi connectivity index (χ1n) is 5.42. The summed E-state index contributed by atoms with van der Waals surface area (Å²) in [6, 6.07) is 0. The molecule has 3 nitrogen and oxygen atoms in total. The van der Waals surface area contributed by atoms with Crippen molar-refractivity contribution in [1.82, 2.24) is 0 Å². The molecule has 0 saturated carbocycles. The van der Waals surface area contributed by atoms with E-state index in [1.54, 1.807) is 0 Å². The van der Waals surface area contributed by atoms with E-state index >= 15 is 0 Å². The van der Waals surface area contributed by atoms with Crippen molar-refractivity contribution in [3.8, 4) is 0 Å². The molecule has 0 bridgehead atoms. The van der Waals surface area contributed by atoms with E-state index in [9.17, 15) is 26.3 Å². The molecule has 0 atom stereocenters. The van der Waals surface area contributed by atoms with Crippen LogP contribution in [0.1, 0.15) is 25.7 Å². The normalized spacial score (nSPS) is 13.6. The summed E-state index contributed by atoms with van der Waals surface area (Å²) in [4.78, 5) is 0. The van der Waals surface area contributed by atoms with Crippen LogP contribution in [-0.4, -0.2) is 42.2 Å². The third-order valence-electron chi connectivity index (χ3n) is 2.19. The molecular weight excluding hydrogens is 298 g/mol. The molecule has 0 rings (SSSR count). The van der Waals surface area contributed by atoms with Crippen LogP contribution >= 0.6 is 0 Å². The Kier molecular flexibility index (Phi) is 7.94. The van der Waals surface area contributed by atoms with Crippen LogP contribution in [0.4, 0.5) is 26.3 Å². The monoisotopic (exact) mass is 314 g/mol. The predicted octanol–water partition coefficient (Wildman–Crippen LogP) is 3.07. The van der Waals surface area contributed by atoms with Gasteiger partial charge in [0, 0.05) is 33.2 Å². The fraction of sp³-hybridized carbons (Fsp3) is 1.00. The zero-order valence-electron chi connectivity index (χ0n) is 10.5. The highest BCUT2D eigenvalue weighted by Gasteiger charge is 2.33. The van der Waals surface area contributed by atoms with Gasteiger partial charge in [-0.1, -0.05) is 0 Å². The van der Waals surface area contributed by atoms with Gasteiger partial charge in [-0.15, -0.1) is 0 Å². The van der Waals surface area contributed by atoms with Crippen molar-refractivity contribution in [2.45, 2.75) is 44.1 Å². The predicted molar refractivity (Wildman–Crippen MR) is 56.6 cm³/mol. The molecule has 0 aliphatic rings. The Bertz CT molecular complexity index is 223. The van der Waals surface area contributed by atoms with Gasteiger partial charge in [0.15, 0.2) is 0 Å². The summed E-state index contributed by atoms with van der Waals surface area (Å²) >= 11 is 0. The van der Waals surface area contributed by atoms with E-state index in [2.05, 4.69) is 0 Å². The van der Waals surface area contributed by atoms with E-state index in [1.807, 2.05) is 0 Å². The van der Waals surface area contributed by atoms with Crippen molar-refractivity contribution in [2.75, 3.05) is 14.2 Å². The zero-order chi connectivity index (χ0) is 15.1. The van der Waals surface area contributed by atoms with Crippen LogP contribution in [0.5, 0.6) is 0 Å². The Labute approximate surface area is 108 Å². The molecule has 10 heteroatoms. The van der Waals surface area contributed by atoms with Gasteiger partial charge in [0.05, 0.1) is 0 Å². The highest BCUT2D eigenvalue weighted by atomic mass is 28.3. The van der Waals surface area contributed by atoms with Crippen LogP contribution in [0.2, 0.25) is 0 Å². The smallest absolute Gasteiger partial charge is 0.379 e. The van der Waals surface area contributed by atoms with Crippen LogP contribution in [0.15, 0.2) is 0 Å². The summed E-state index contributed by atoms with van der Waals surface area (Å²) < 4.78 is 86.9. The molecule has 0 amide bonds. The molecule has 0 heterocycles. The van der Waals surface area contributed by atoms with Gasteiger partial charge in [0.2, 0.25) is 0 Å². The first-order valence-corrected chi connectivity index (χ1v) is 6.83. The summed E-state index contributed by atoms with van der Waals surface area (Å²) in [5.74, 6) is 0. The van der Waals surface area contributed by atoms with Gasteiger partial charge < -0.3 is 13.3 Å². The SMILES string of the molecule is CO[SiH](OC)OC(CCC(F)(F)F)CCC(F)(F)F. The lowest BCUT2D eigenvalue weighted by atomic mass is 10.1. The van der Waals surface area contributed by atoms with E-state index < -0.39 is 53.7 Å². The molecule has 0 N–H and O–H groups in total. The molecular formula is C9H16F6O3Si. The maximum Gasteiger partial charge on any atom is 0.483 e. The third-order valence-corrected chi connectivity index (χ3v) is 3.56. The van der Waals surface area contributed by atoms with Crippen molar-refractivity contribution in [2.24, 2.45) is 0 Å². The van der Waals surface area contributed by atoms with Gasteiger partial charge in [0.25, 0.3) is 0 Å². The first kappa shape index (κ1) is 18.7. The molecule has 0 spiro atoms. The second kappa shape index (κ2) is 8.07. The molecule has 19 heavy (non-hydrogen) atoms. The van der Waals surface area contributed by atoms with Crippen LogP contribution < -0.4 is 0 Å². The Morgan fingerprint density at radius 2 is 1.21 bits per heavy atom. The average molecular weight is 314 g/mol. The number of rotatable bonds is 8. The van der Waals surface area contributed by atoms with E-state index in [0.29, 0.717) is 0 Å². The molecule has 0 radical (unpaired) electrons. The van der Waals surface area contributed by atoms with Gasteiger partial charge in [-0.3, -0.25) is 0 Å². The van der Waals surface area contributed by atoms with E-state index in [4.69, 9.17) is 13.3 Å². The molecule has 0 aromatic rings. The minimum Gasteiger partial charge on any atom is -0.379 e. The van der Waals surface area contributed by atoms with Crippen molar-refractivity contribution < 1.29 is 39.6 Å². The minimum atomic E-state index is -4.43. The Morgan fingerprint density at radius 3 is 1.47 bits per heavy atom. The van der Waals surface area contributed by atoms with E-state index in [0.717, 1.165) is 0 Å². The summed E-state index contributed by atoms with van der Waals surface area (Å²) in [7, 11) is -0.202. The molecule has 0 aliphatic carbocycles. The summed E-state index contributed by atoms with van der Waals surface area (Å²) in [5.41, 5.74) is 0. The first-order chi connectivity index (χ1) is 8.57. The van der Waals surface area contributed by atoms with Gasteiger partial charge >= 0.3 is 21.9 Å². The van der Waals surface area contributed by atoms with Gasteiger partial charge in [0.1, 0.15) is 0 Å². The lowest BCUT2D eigenvalue weighted by Gasteiger charge is -2.22. The Morgan fingerprint density at radius 1 is 0.842 bits per heavy atom. The second-order valence-electron chi connectivity index (χ2n) is 3.83. The molecule has 0 saturated heterocycles. The lowest BCUT2D eigenvalue weighted by Crippen LogP contribution is -2.32. The fourth-order valence-electron chi connectivity index (χ4n) is 1.29. The molecule has 0 aromatic carbocycles. The van der Waals surface area contributed by atoms with Gasteiger partial charge in [-0.25, -0.2) is 0 Å². The maximum atomic E-state index is 12.1. The van der Waals surface area contributed by atoms with Crippen molar-refractivity contribution in [1.29, 1.82) is 0 Å². The number of halogens is 6. The summed E-state index contributed by atoms with van der Waals surface area (Å²) in [5, 5.41) is 0. The van der Waals surface area contributed by atoms with Crippen molar-refractivity contribution in [3.63, 3.8) is 0 Å². The van der Waals surface area contributed by atoms with Crippen LogP contribution in [-0.2, 0) is 13.3 Å². The molecule has 0 aliphatic heterocycles. The van der Waals surface area contributed by atoms with Crippen LogP contribution in [0.25, 0.3) is 0 Å². The third kappa shape index (κ3) is 11.2. The van der Waals surface area contributed by atoms with Gasteiger partial charge in [-0.2, -0.15) is 26.3 Å². The van der Waals surface area contributed by atoms with Gasteiger partial charge in [-0.05, 0) is 12.8 Å². The van der Waals surface area contributed by atoms with E-state index in [1.165, 1.54) is 14.2 Å². The Balaban J connectivity index is 4.37. The minimum absolute atomic E-state index is 0.546. The van der Waals surface area contributed by atoms with E-state index in [-0.39, 0.29) is 0 Å². The quantitative estimate of drug-likeness (QED) is 0.509. The molecule has 116 valence electrons. The number of hydrogen-bond acceptors (Lipinski definition) is 3. The number of hydrogen-bond donors (Lipinski definition) is 0. The molecule has 0 fully saturated rings. The van der Waals surface area contributed by atoms with Crippen LogP contribution in [0.3, 0.4) is 0 Å². The lowest BCUT2D eigenvalue weighted by molar-refractivity contribution is -0.148. The standard InChI is InChI=1S/C9H16F6O3Si/c1-16-19(17-2)18-7(3-5-8(10,11)12)4-6-9(13,14)15/h7,19H,3-6H2,1-2H3. The highest BCUT2D eigenvalue weighted by Crippen LogP contribution is 2.28. The van der Waals surface area contributed by atoms with Crippen molar-refractivity contribution >= 4 is 9.53 Å². The zero-order valence-corrected chi connectivity index (χ0v) is 11.6. The largest absolute Gasteiger partial charge is 0.483 e. The Hall–Kier alpha value is -0.323. The molecule has 0 unspecified atom stereocenters. The van der Waals surface area contributed by atoms with Crippen LogP contribution in [0, 0.1) is 0 Å². The fourth-order valence-corrected chi connectivity index (χ4v) is 2.30.